The molecule has 18 heavy (non-hydrogen) atoms. The van der Waals surface area contributed by atoms with Crippen molar-refractivity contribution < 1.29 is 13.2 Å². The first-order valence-corrected chi connectivity index (χ1v) is 5.84. The maximum absolute atomic E-state index is 13.6. The normalized spacial score (nSPS) is 12.5. The third kappa shape index (κ3) is 2.62. The highest BCUT2D eigenvalue weighted by Crippen LogP contribution is 2.32. The van der Waals surface area contributed by atoms with Crippen LogP contribution >= 0.6 is 23.2 Å². The molecule has 1 unspecified atom stereocenters. The molecule has 0 aromatic heterocycles. The lowest BCUT2D eigenvalue weighted by molar-refractivity contribution is 0.507. The predicted octanol–water partition coefficient (Wildman–Crippen LogP) is 5.09. The van der Waals surface area contributed by atoms with E-state index in [1.165, 1.54) is 18.2 Å². The van der Waals surface area contributed by atoms with Crippen molar-refractivity contribution in [3.63, 3.8) is 0 Å². The molecule has 0 nitrogen and oxygen atoms in total. The fraction of sp³-hybridized carbons (Fsp3) is 0.0769. The second-order valence-corrected chi connectivity index (χ2v) is 4.57. The van der Waals surface area contributed by atoms with Crippen molar-refractivity contribution in [2.75, 3.05) is 0 Å². The summed E-state index contributed by atoms with van der Waals surface area (Å²) >= 11 is 11.7. The van der Waals surface area contributed by atoms with Gasteiger partial charge in [-0.3, -0.25) is 0 Å². The van der Waals surface area contributed by atoms with Crippen molar-refractivity contribution >= 4 is 23.2 Å². The number of rotatable bonds is 2. The molecule has 0 radical (unpaired) electrons. The summed E-state index contributed by atoms with van der Waals surface area (Å²) in [6.45, 7) is 0. The molecule has 0 spiro atoms. The van der Waals surface area contributed by atoms with Crippen LogP contribution in [0.1, 0.15) is 16.5 Å². The van der Waals surface area contributed by atoms with Gasteiger partial charge in [0.25, 0.3) is 0 Å². The van der Waals surface area contributed by atoms with Crippen molar-refractivity contribution in [3.8, 4) is 0 Å². The van der Waals surface area contributed by atoms with Crippen LogP contribution in [0.5, 0.6) is 0 Å². The fourth-order valence-corrected chi connectivity index (χ4v) is 2.03. The minimum atomic E-state index is -1.02. The quantitative estimate of drug-likeness (QED) is 0.676. The summed E-state index contributed by atoms with van der Waals surface area (Å²) in [5.74, 6) is -2.58. The molecule has 0 amide bonds. The summed E-state index contributed by atoms with van der Waals surface area (Å²) in [4.78, 5) is 0. The van der Waals surface area contributed by atoms with Gasteiger partial charge in [-0.1, -0.05) is 23.7 Å². The molecule has 0 saturated carbocycles. The largest absolute Gasteiger partial charge is 0.207 e. The van der Waals surface area contributed by atoms with Crippen LogP contribution in [-0.4, -0.2) is 0 Å². The van der Waals surface area contributed by atoms with Crippen LogP contribution in [0.15, 0.2) is 36.4 Å². The van der Waals surface area contributed by atoms with Gasteiger partial charge in [0.15, 0.2) is 11.6 Å². The van der Waals surface area contributed by atoms with Gasteiger partial charge in [-0.15, -0.1) is 11.6 Å². The number of halogens is 5. The van der Waals surface area contributed by atoms with Crippen LogP contribution in [0.3, 0.4) is 0 Å². The molecule has 0 aliphatic carbocycles. The standard InChI is InChI=1S/C13H7Cl2F3/c14-8-2-3-9(11(17)6-8)13(15)7-1-4-10(16)12(18)5-7/h1-6,13H. The van der Waals surface area contributed by atoms with E-state index in [0.717, 1.165) is 18.2 Å². The lowest BCUT2D eigenvalue weighted by Gasteiger charge is -2.11. The molecule has 0 N–H and O–H groups in total. The van der Waals surface area contributed by atoms with Gasteiger partial charge in [0, 0.05) is 10.6 Å². The Hall–Kier alpha value is -1.19. The number of alkyl halides is 1. The maximum atomic E-state index is 13.6. The van der Waals surface area contributed by atoms with E-state index in [-0.39, 0.29) is 16.1 Å². The molecule has 0 aliphatic heterocycles. The zero-order valence-electron chi connectivity index (χ0n) is 8.93. The number of hydrogen-bond acceptors (Lipinski definition) is 0. The van der Waals surface area contributed by atoms with E-state index >= 15 is 0 Å². The molecule has 0 saturated heterocycles. The molecule has 2 aromatic rings. The monoisotopic (exact) mass is 290 g/mol. The Bertz CT molecular complexity index is 584. The van der Waals surface area contributed by atoms with E-state index in [1.54, 1.807) is 0 Å². The van der Waals surface area contributed by atoms with E-state index in [2.05, 4.69) is 0 Å². The van der Waals surface area contributed by atoms with E-state index in [9.17, 15) is 13.2 Å². The molecule has 5 heteroatoms. The lowest BCUT2D eigenvalue weighted by atomic mass is 10.0. The van der Waals surface area contributed by atoms with E-state index in [1.807, 2.05) is 0 Å². The molecule has 0 heterocycles. The maximum Gasteiger partial charge on any atom is 0.159 e. The zero-order chi connectivity index (χ0) is 13.3. The average Bonchev–Trinajstić information content (AvgIpc) is 2.32. The zero-order valence-corrected chi connectivity index (χ0v) is 10.4. The number of hydrogen-bond donors (Lipinski definition) is 0. The molecule has 0 fully saturated rings. The van der Waals surface area contributed by atoms with Gasteiger partial charge in [-0.25, -0.2) is 13.2 Å². The van der Waals surface area contributed by atoms with Gasteiger partial charge < -0.3 is 0 Å². The molecular weight excluding hydrogens is 284 g/mol. The van der Waals surface area contributed by atoms with Crippen molar-refractivity contribution in [2.45, 2.75) is 5.38 Å². The highest BCUT2D eigenvalue weighted by Gasteiger charge is 2.17. The Morgan fingerprint density at radius 3 is 2.17 bits per heavy atom. The van der Waals surface area contributed by atoms with Crippen LogP contribution in [0, 0.1) is 17.5 Å². The van der Waals surface area contributed by atoms with Crippen molar-refractivity contribution in [3.05, 3.63) is 70.0 Å². The summed E-state index contributed by atoms with van der Waals surface area (Å²) in [6.07, 6.45) is 0. The second-order valence-electron chi connectivity index (χ2n) is 3.70. The van der Waals surface area contributed by atoms with Gasteiger partial charge in [-0.2, -0.15) is 0 Å². The smallest absolute Gasteiger partial charge is 0.159 e. The van der Waals surface area contributed by atoms with Crippen LogP contribution in [0.2, 0.25) is 5.02 Å². The summed E-state index contributed by atoms with van der Waals surface area (Å²) in [5.41, 5.74) is 0.434. The summed E-state index contributed by atoms with van der Waals surface area (Å²) < 4.78 is 39.5. The molecule has 2 aromatic carbocycles. The molecule has 94 valence electrons. The van der Waals surface area contributed by atoms with Gasteiger partial charge in [-0.05, 0) is 29.8 Å². The minimum Gasteiger partial charge on any atom is -0.207 e. The van der Waals surface area contributed by atoms with E-state index in [4.69, 9.17) is 23.2 Å². The van der Waals surface area contributed by atoms with Crippen molar-refractivity contribution in [1.82, 2.24) is 0 Å². The van der Waals surface area contributed by atoms with Crippen LogP contribution in [0.25, 0.3) is 0 Å². The Labute approximate surface area is 112 Å². The molecule has 2 rings (SSSR count). The van der Waals surface area contributed by atoms with Crippen LogP contribution < -0.4 is 0 Å². The van der Waals surface area contributed by atoms with Gasteiger partial charge in [0.2, 0.25) is 0 Å². The Morgan fingerprint density at radius 2 is 1.56 bits per heavy atom. The predicted molar refractivity (Wildman–Crippen MR) is 65.5 cm³/mol. The van der Waals surface area contributed by atoms with Crippen LogP contribution in [0.4, 0.5) is 13.2 Å². The van der Waals surface area contributed by atoms with Gasteiger partial charge in [0.1, 0.15) is 5.82 Å². The molecule has 1 atom stereocenters. The lowest BCUT2D eigenvalue weighted by Crippen LogP contribution is -1.98. The highest BCUT2D eigenvalue weighted by molar-refractivity contribution is 6.30. The third-order valence-electron chi connectivity index (χ3n) is 2.47. The van der Waals surface area contributed by atoms with Crippen molar-refractivity contribution in [1.29, 1.82) is 0 Å². The first kappa shape index (κ1) is 13.2. The molecule has 0 aliphatic rings. The van der Waals surface area contributed by atoms with Gasteiger partial charge in [0.05, 0.1) is 5.38 Å². The minimum absolute atomic E-state index is 0.159. The Morgan fingerprint density at radius 1 is 0.833 bits per heavy atom. The average molecular weight is 291 g/mol. The topological polar surface area (TPSA) is 0 Å². The highest BCUT2D eigenvalue weighted by atomic mass is 35.5. The molecule has 0 bridgehead atoms. The SMILES string of the molecule is Fc1ccc(C(Cl)c2ccc(Cl)cc2F)cc1F. The van der Waals surface area contributed by atoms with E-state index in [0.29, 0.717) is 0 Å². The first-order chi connectivity index (χ1) is 8.49. The van der Waals surface area contributed by atoms with Crippen LogP contribution in [-0.2, 0) is 0 Å². The Kier molecular flexibility index (Phi) is 3.83. The summed E-state index contributed by atoms with van der Waals surface area (Å²) in [6, 6.07) is 7.22. The Balaban J connectivity index is 2.41. The molecular formula is C13H7Cl2F3. The summed E-state index contributed by atoms with van der Waals surface area (Å²) in [7, 11) is 0. The summed E-state index contributed by atoms with van der Waals surface area (Å²) in [5, 5.41) is -0.664. The second kappa shape index (κ2) is 5.21. The number of benzene rings is 2. The fourth-order valence-electron chi connectivity index (χ4n) is 1.56. The first-order valence-electron chi connectivity index (χ1n) is 5.03. The van der Waals surface area contributed by atoms with Crippen molar-refractivity contribution in [2.24, 2.45) is 0 Å². The van der Waals surface area contributed by atoms with E-state index < -0.39 is 22.8 Å². The van der Waals surface area contributed by atoms with Gasteiger partial charge >= 0.3 is 0 Å². The third-order valence-corrected chi connectivity index (χ3v) is 3.19.